The maximum absolute atomic E-state index is 12.7. The van der Waals surface area contributed by atoms with E-state index in [2.05, 4.69) is 5.32 Å². The lowest BCUT2D eigenvalue weighted by Gasteiger charge is -2.27. The first-order chi connectivity index (χ1) is 14.1. The number of fused-ring (bicyclic) bond motifs is 1. The fourth-order valence-electron chi connectivity index (χ4n) is 3.43. The molecule has 8 heteroatoms. The van der Waals surface area contributed by atoms with Gasteiger partial charge in [-0.2, -0.15) is 0 Å². The van der Waals surface area contributed by atoms with Gasteiger partial charge in [-0.1, -0.05) is 18.2 Å². The molecule has 1 aliphatic rings. The van der Waals surface area contributed by atoms with Gasteiger partial charge in [0.1, 0.15) is 13.1 Å². The minimum absolute atomic E-state index is 0.126. The van der Waals surface area contributed by atoms with Crippen LogP contribution in [0.1, 0.15) is 26.2 Å². The lowest BCUT2D eigenvalue weighted by molar-refractivity contribution is -0.143. The summed E-state index contributed by atoms with van der Waals surface area (Å²) >= 11 is 1.40. The number of nitrogens with zero attached hydrogens (tertiary/aromatic N) is 2. The van der Waals surface area contributed by atoms with Gasteiger partial charge in [0.05, 0.1) is 12.4 Å². The first-order valence-electron chi connectivity index (χ1n) is 9.99. The average Bonchev–Trinajstić information content (AvgIpc) is 3.09. The zero-order valence-electron chi connectivity index (χ0n) is 16.7. The normalized spacial score (nSPS) is 14.0. The number of ether oxygens (including phenoxy) is 1. The maximum Gasteiger partial charge on any atom is 0.325 e. The van der Waals surface area contributed by atoms with E-state index < -0.39 is 5.97 Å². The summed E-state index contributed by atoms with van der Waals surface area (Å²) in [5.74, 6) is -0.356. The zero-order valence-corrected chi connectivity index (χ0v) is 17.5. The second-order valence-electron chi connectivity index (χ2n) is 6.95. The fourth-order valence-corrected chi connectivity index (χ4v) is 4.34. The van der Waals surface area contributed by atoms with Crippen molar-refractivity contribution in [1.29, 1.82) is 0 Å². The number of hydrogen-bond acceptors (Lipinski definition) is 5. The first kappa shape index (κ1) is 21.2. The molecule has 3 rings (SSSR count). The van der Waals surface area contributed by atoms with Crippen LogP contribution in [0.5, 0.6) is 0 Å². The van der Waals surface area contributed by atoms with Gasteiger partial charge in [-0.15, -0.1) is 11.8 Å². The third-order valence-electron chi connectivity index (χ3n) is 4.86. The number of carbonyl (C=O) groups excluding carboxylic acids is 3. The molecule has 7 nitrogen and oxygen atoms in total. The van der Waals surface area contributed by atoms with Crippen molar-refractivity contribution < 1.29 is 19.1 Å². The minimum atomic E-state index is -0.446. The van der Waals surface area contributed by atoms with E-state index in [1.54, 1.807) is 6.92 Å². The number of rotatable bonds is 8. The number of esters is 1. The SMILES string of the molecule is CCOC(=O)CNC(=O)CSc1cn(CC(=O)N2CCCCC2)c2ccccc12. The van der Waals surface area contributed by atoms with Crippen LogP contribution in [0.25, 0.3) is 10.9 Å². The van der Waals surface area contributed by atoms with E-state index in [0.29, 0.717) is 13.2 Å². The summed E-state index contributed by atoms with van der Waals surface area (Å²) in [7, 11) is 0. The molecule has 2 heterocycles. The van der Waals surface area contributed by atoms with Gasteiger partial charge in [0.25, 0.3) is 0 Å². The van der Waals surface area contributed by atoms with Crippen LogP contribution in [0.4, 0.5) is 0 Å². The minimum Gasteiger partial charge on any atom is -0.465 e. The highest BCUT2D eigenvalue weighted by Gasteiger charge is 2.19. The lowest BCUT2D eigenvalue weighted by atomic mass is 10.1. The number of para-hydroxylation sites is 1. The Morgan fingerprint density at radius 3 is 2.66 bits per heavy atom. The molecule has 0 bridgehead atoms. The van der Waals surface area contributed by atoms with Crippen LogP contribution in [-0.2, 0) is 25.7 Å². The summed E-state index contributed by atoms with van der Waals surface area (Å²) in [6.45, 7) is 3.86. The van der Waals surface area contributed by atoms with Crippen LogP contribution < -0.4 is 5.32 Å². The molecule has 1 fully saturated rings. The molecule has 156 valence electrons. The van der Waals surface area contributed by atoms with E-state index in [0.717, 1.165) is 41.7 Å². The fraction of sp³-hybridized carbons (Fsp3) is 0.476. The molecule has 0 aliphatic carbocycles. The first-order valence-corrected chi connectivity index (χ1v) is 11.0. The Morgan fingerprint density at radius 1 is 1.14 bits per heavy atom. The average molecular weight is 418 g/mol. The highest BCUT2D eigenvalue weighted by Crippen LogP contribution is 2.30. The van der Waals surface area contributed by atoms with Crippen molar-refractivity contribution in [1.82, 2.24) is 14.8 Å². The summed E-state index contributed by atoms with van der Waals surface area (Å²) < 4.78 is 6.77. The second-order valence-corrected chi connectivity index (χ2v) is 7.97. The predicted octanol–water partition coefficient (Wildman–Crippen LogP) is 2.43. The number of nitrogens with one attached hydrogen (secondary N) is 1. The van der Waals surface area contributed by atoms with E-state index in [-0.39, 0.29) is 24.1 Å². The van der Waals surface area contributed by atoms with Crippen LogP contribution in [0.2, 0.25) is 0 Å². The number of benzene rings is 1. The zero-order chi connectivity index (χ0) is 20.6. The molecular weight excluding hydrogens is 390 g/mol. The number of thioether (sulfide) groups is 1. The van der Waals surface area contributed by atoms with E-state index >= 15 is 0 Å². The van der Waals surface area contributed by atoms with E-state index in [9.17, 15) is 14.4 Å². The largest absolute Gasteiger partial charge is 0.465 e. The molecule has 2 aromatic rings. The molecule has 0 spiro atoms. The van der Waals surface area contributed by atoms with Crippen LogP contribution >= 0.6 is 11.8 Å². The molecule has 29 heavy (non-hydrogen) atoms. The summed E-state index contributed by atoms with van der Waals surface area (Å²) in [5.41, 5.74) is 0.979. The molecular formula is C21H27N3O4S. The molecule has 0 saturated carbocycles. The quantitative estimate of drug-likeness (QED) is 0.527. The van der Waals surface area contributed by atoms with Crippen LogP contribution in [-0.4, -0.2) is 59.2 Å². The number of likely N-dealkylation sites (tertiary alicyclic amines) is 1. The molecule has 1 N–H and O–H groups in total. The second kappa shape index (κ2) is 10.3. The van der Waals surface area contributed by atoms with Crippen LogP contribution in [0, 0.1) is 0 Å². The number of carbonyl (C=O) groups is 3. The number of hydrogen-bond donors (Lipinski definition) is 1. The molecule has 0 atom stereocenters. The molecule has 1 aromatic heterocycles. The highest BCUT2D eigenvalue weighted by molar-refractivity contribution is 8.00. The Kier molecular flexibility index (Phi) is 7.57. The van der Waals surface area contributed by atoms with E-state index in [4.69, 9.17) is 4.74 Å². The van der Waals surface area contributed by atoms with Crippen LogP contribution in [0.15, 0.2) is 35.4 Å². The standard InChI is InChI=1S/C21H27N3O4S/c1-2-28-21(27)12-22-19(25)15-29-18-13-24(17-9-5-4-8-16(17)18)14-20(26)23-10-6-3-7-11-23/h4-5,8-9,13H,2-3,6-7,10-12,14-15H2,1H3,(H,22,25). The molecule has 2 amide bonds. The summed E-state index contributed by atoms with van der Waals surface area (Å²) in [6.07, 6.45) is 5.27. The van der Waals surface area contributed by atoms with Gasteiger partial charge in [0, 0.05) is 35.1 Å². The monoisotopic (exact) mass is 417 g/mol. The summed E-state index contributed by atoms with van der Waals surface area (Å²) in [5, 5.41) is 3.58. The Bertz CT molecular complexity index is 874. The van der Waals surface area contributed by atoms with Gasteiger partial charge < -0.3 is 19.5 Å². The Hall–Kier alpha value is -2.48. The molecule has 1 saturated heterocycles. The topological polar surface area (TPSA) is 80.6 Å². The number of aromatic nitrogens is 1. The maximum atomic E-state index is 12.7. The van der Waals surface area contributed by atoms with Gasteiger partial charge >= 0.3 is 5.97 Å². The molecule has 1 aliphatic heterocycles. The molecule has 0 unspecified atom stereocenters. The smallest absolute Gasteiger partial charge is 0.325 e. The Balaban J connectivity index is 1.63. The van der Waals surface area contributed by atoms with Crippen molar-refractivity contribution in [3.05, 3.63) is 30.5 Å². The molecule has 1 aromatic carbocycles. The Morgan fingerprint density at radius 2 is 1.90 bits per heavy atom. The third kappa shape index (κ3) is 5.76. The third-order valence-corrected chi connectivity index (χ3v) is 5.90. The van der Waals surface area contributed by atoms with E-state index in [1.165, 1.54) is 18.2 Å². The van der Waals surface area contributed by atoms with Gasteiger partial charge in [0.2, 0.25) is 11.8 Å². The summed E-state index contributed by atoms with van der Waals surface area (Å²) in [4.78, 5) is 39.0. The van der Waals surface area contributed by atoms with Crippen molar-refractivity contribution in [3.63, 3.8) is 0 Å². The van der Waals surface area contributed by atoms with Gasteiger partial charge in [-0.25, -0.2) is 0 Å². The van der Waals surface area contributed by atoms with Gasteiger partial charge in [-0.3, -0.25) is 14.4 Å². The Labute approximate surface area is 174 Å². The highest BCUT2D eigenvalue weighted by atomic mass is 32.2. The van der Waals surface area contributed by atoms with Gasteiger partial charge in [-0.05, 0) is 32.3 Å². The summed E-state index contributed by atoms with van der Waals surface area (Å²) in [6, 6.07) is 7.88. The van der Waals surface area contributed by atoms with Crippen molar-refractivity contribution in [3.8, 4) is 0 Å². The van der Waals surface area contributed by atoms with Crippen molar-refractivity contribution in [2.75, 3.05) is 32.0 Å². The van der Waals surface area contributed by atoms with Crippen molar-refractivity contribution in [2.45, 2.75) is 37.6 Å². The lowest BCUT2D eigenvalue weighted by Crippen LogP contribution is -2.37. The van der Waals surface area contributed by atoms with Crippen LogP contribution in [0.3, 0.4) is 0 Å². The van der Waals surface area contributed by atoms with E-state index in [1.807, 2.05) is 39.9 Å². The predicted molar refractivity (Wildman–Crippen MR) is 113 cm³/mol. The number of amides is 2. The van der Waals surface area contributed by atoms with Gasteiger partial charge in [0.15, 0.2) is 0 Å². The van der Waals surface area contributed by atoms with Crippen molar-refractivity contribution in [2.24, 2.45) is 0 Å². The number of piperidine rings is 1. The van der Waals surface area contributed by atoms with Crippen molar-refractivity contribution >= 4 is 40.4 Å². The molecule has 0 radical (unpaired) electrons.